The minimum atomic E-state index is -0.251. The highest BCUT2D eigenvalue weighted by atomic mass is 16.3. The average molecular weight is 446 g/mol. The first-order chi connectivity index (χ1) is 16.2. The number of carbonyl (C=O) groups is 1. The number of piperidine rings is 1. The zero-order chi connectivity index (χ0) is 22.6. The van der Waals surface area contributed by atoms with E-state index in [1.165, 1.54) is 5.01 Å². The predicted octanol–water partition coefficient (Wildman–Crippen LogP) is 3.05. The second kappa shape index (κ2) is 9.40. The number of aromatic nitrogens is 3. The van der Waals surface area contributed by atoms with Crippen molar-refractivity contribution >= 4 is 17.7 Å². The van der Waals surface area contributed by atoms with Gasteiger partial charge in [0.05, 0.1) is 17.5 Å². The Morgan fingerprint density at radius 3 is 2.67 bits per heavy atom. The van der Waals surface area contributed by atoms with Gasteiger partial charge >= 0.3 is 6.03 Å². The lowest BCUT2D eigenvalue weighted by atomic mass is 9.87. The van der Waals surface area contributed by atoms with Crippen molar-refractivity contribution in [2.45, 2.75) is 37.8 Å². The number of pyridine rings is 1. The molecule has 2 aromatic rings. The number of nitrogens with zero attached hydrogens (tertiary/aromatic N) is 6. The molecule has 2 aromatic heterocycles. The van der Waals surface area contributed by atoms with Gasteiger partial charge in [-0.25, -0.2) is 19.8 Å². The molecular formula is C24H27N7O2. The molecule has 0 saturated carbocycles. The summed E-state index contributed by atoms with van der Waals surface area (Å²) in [6.45, 7) is 1.55. The van der Waals surface area contributed by atoms with E-state index in [1.807, 2.05) is 24.3 Å². The smallest absolute Gasteiger partial charge is 0.338 e. The number of rotatable bonds is 4. The van der Waals surface area contributed by atoms with E-state index in [9.17, 15) is 9.90 Å². The maximum Gasteiger partial charge on any atom is 0.338 e. The number of aliphatic hydroxyl groups is 1. The topological polar surface area (TPSA) is 107 Å². The highest BCUT2D eigenvalue weighted by Gasteiger charge is 2.40. The number of amides is 2. The third kappa shape index (κ3) is 4.57. The van der Waals surface area contributed by atoms with Crippen molar-refractivity contribution in [2.24, 2.45) is 11.0 Å². The largest absolute Gasteiger partial charge is 0.512 e. The van der Waals surface area contributed by atoms with Crippen LogP contribution in [0.2, 0.25) is 0 Å². The van der Waals surface area contributed by atoms with Gasteiger partial charge in [-0.2, -0.15) is 5.10 Å². The molecule has 2 aliphatic heterocycles. The van der Waals surface area contributed by atoms with Gasteiger partial charge in [0.25, 0.3) is 0 Å². The van der Waals surface area contributed by atoms with E-state index in [4.69, 9.17) is 0 Å². The van der Waals surface area contributed by atoms with Gasteiger partial charge < -0.3 is 15.3 Å². The van der Waals surface area contributed by atoms with Crippen LogP contribution in [0, 0.1) is 5.92 Å². The first kappa shape index (κ1) is 21.1. The van der Waals surface area contributed by atoms with Crippen molar-refractivity contribution in [3.8, 4) is 0 Å². The van der Waals surface area contributed by atoms with E-state index in [1.54, 1.807) is 36.9 Å². The van der Waals surface area contributed by atoms with Gasteiger partial charge in [0.1, 0.15) is 0 Å². The molecule has 2 atom stereocenters. The lowest BCUT2D eigenvalue weighted by molar-refractivity contribution is 0.151. The molecule has 0 aromatic carbocycles. The normalized spacial score (nSPS) is 23.3. The maximum atomic E-state index is 13.3. The van der Waals surface area contributed by atoms with Crippen molar-refractivity contribution in [3.63, 3.8) is 0 Å². The van der Waals surface area contributed by atoms with Crippen LogP contribution in [0.5, 0.6) is 0 Å². The molecular weight excluding hydrogens is 418 g/mol. The van der Waals surface area contributed by atoms with E-state index in [2.05, 4.69) is 30.3 Å². The van der Waals surface area contributed by atoms with Crippen LogP contribution < -0.4 is 10.2 Å². The summed E-state index contributed by atoms with van der Waals surface area (Å²) in [4.78, 5) is 28.3. The number of aliphatic hydroxyl groups excluding tert-OH is 1. The molecule has 33 heavy (non-hydrogen) atoms. The maximum absolute atomic E-state index is 13.3. The number of carbonyl (C=O) groups excluding carboxylic acids is 1. The standard InChI is InChI=1S/C24H27N7O2/c32-22-7-2-1-6-19(22)21-15-20(17-5-3-10-25-16-17)29-31(21)24(33)28-18-8-13-30(14-9-18)23-26-11-4-12-27-23/h1-5,7,10-12,16,18-19,21,32H,6,8-9,13-15H2,(H,28,33). The number of hydrogen-bond donors (Lipinski definition) is 2. The minimum Gasteiger partial charge on any atom is -0.512 e. The Hall–Kier alpha value is -3.75. The van der Waals surface area contributed by atoms with Crippen molar-refractivity contribution in [1.82, 2.24) is 25.3 Å². The molecule has 0 bridgehead atoms. The first-order valence-corrected chi connectivity index (χ1v) is 11.3. The van der Waals surface area contributed by atoms with Crippen molar-refractivity contribution in [2.75, 3.05) is 18.0 Å². The number of nitrogens with one attached hydrogen (secondary N) is 1. The fourth-order valence-corrected chi connectivity index (χ4v) is 4.66. The summed E-state index contributed by atoms with van der Waals surface area (Å²) in [6.07, 6.45) is 15.4. The van der Waals surface area contributed by atoms with Gasteiger partial charge in [-0.15, -0.1) is 0 Å². The van der Waals surface area contributed by atoms with Crippen LogP contribution in [0.3, 0.4) is 0 Å². The SMILES string of the molecule is O=C(NC1CCN(c2ncccn2)CC1)N1N=C(c2cccnc2)CC1C1CC=CC=C1O. The Morgan fingerprint density at radius 2 is 1.94 bits per heavy atom. The fraction of sp³-hybridized carbons (Fsp3) is 0.375. The Morgan fingerprint density at radius 1 is 1.12 bits per heavy atom. The molecule has 1 saturated heterocycles. The number of hydrazone groups is 1. The molecule has 170 valence electrons. The molecule has 3 aliphatic rings. The fourth-order valence-electron chi connectivity index (χ4n) is 4.66. The Kier molecular flexibility index (Phi) is 6.01. The third-order valence-corrected chi connectivity index (χ3v) is 6.44. The molecule has 9 heteroatoms. The van der Waals surface area contributed by atoms with Crippen molar-refractivity contribution < 1.29 is 9.90 Å². The molecule has 2 amide bonds. The van der Waals surface area contributed by atoms with Crippen LogP contribution in [0.15, 0.2) is 72.1 Å². The van der Waals surface area contributed by atoms with Crippen LogP contribution in [-0.4, -0.2) is 62.0 Å². The van der Waals surface area contributed by atoms with Crippen LogP contribution >= 0.6 is 0 Å². The summed E-state index contributed by atoms with van der Waals surface area (Å²) in [7, 11) is 0. The first-order valence-electron chi connectivity index (χ1n) is 11.3. The van der Waals surface area contributed by atoms with Crippen LogP contribution in [0.1, 0.15) is 31.2 Å². The van der Waals surface area contributed by atoms with E-state index in [0.717, 1.165) is 43.2 Å². The van der Waals surface area contributed by atoms with Gasteiger partial charge in [-0.1, -0.05) is 18.2 Å². The van der Waals surface area contributed by atoms with E-state index in [0.29, 0.717) is 18.6 Å². The molecule has 5 rings (SSSR count). The number of allylic oxidation sites excluding steroid dienone is 3. The summed E-state index contributed by atoms with van der Waals surface area (Å²) in [5.74, 6) is 0.829. The van der Waals surface area contributed by atoms with Crippen LogP contribution in [0.4, 0.5) is 10.7 Å². The van der Waals surface area contributed by atoms with Gasteiger partial charge in [0, 0.05) is 61.8 Å². The lowest BCUT2D eigenvalue weighted by Crippen LogP contribution is -2.51. The van der Waals surface area contributed by atoms with Crippen LogP contribution in [-0.2, 0) is 0 Å². The monoisotopic (exact) mass is 445 g/mol. The molecule has 2 N–H and O–H groups in total. The van der Waals surface area contributed by atoms with Crippen molar-refractivity contribution in [3.05, 3.63) is 72.5 Å². The second-order valence-electron chi connectivity index (χ2n) is 8.53. The average Bonchev–Trinajstić information content (AvgIpc) is 3.31. The molecule has 0 radical (unpaired) electrons. The second-order valence-corrected chi connectivity index (χ2v) is 8.53. The summed E-state index contributed by atoms with van der Waals surface area (Å²) in [5.41, 5.74) is 1.70. The van der Waals surface area contributed by atoms with Gasteiger partial charge in [0.15, 0.2) is 0 Å². The van der Waals surface area contributed by atoms with E-state index in [-0.39, 0.29) is 24.0 Å². The summed E-state index contributed by atoms with van der Waals surface area (Å²) >= 11 is 0. The number of anilines is 1. The number of urea groups is 1. The lowest BCUT2D eigenvalue weighted by Gasteiger charge is -2.34. The minimum absolute atomic E-state index is 0.0474. The highest BCUT2D eigenvalue weighted by molar-refractivity contribution is 6.02. The highest BCUT2D eigenvalue weighted by Crippen LogP contribution is 2.33. The molecule has 1 fully saturated rings. The van der Waals surface area contributed by atoms with E-state index >= 15 is 0 Å². The molecule has 2 unspecified atom stereocenters. The summed E-state index contributed by atoms with van der Waals surface area (Å²) in [5, 5.41) is 19.9. The molecule has 0 spiro atoms. The third-order valence-electron chi connectivity index (χ3n) is 6.44. The van der Waals surface area contributed by atoms with Crippen molar-refractivity contribution in [1.29, 1.82) is 0 Å². The van der Waals surface area contributed by atoms with Gasteiger partial charge in [0.2, 0.25) is 5.95 Å². The van der Waals surface area contributed by atoms with E-state index < -0.39 is 0 Å². The number of hydrogen-bond acceptors (Lipinski definition) is 7. The van der Waals surface area contributed by atoms with Gasteiger partial charge in [-0.3, -0.25) is 4.98 Å². The van der Waals surface area contributed by atoms with Crippen LogP contribution in [0.25, 0.3) is 0 Å². The quantitative estimate of drug-likeness (QED) is 0.749. The predicted molar refractivity (Wildman–Crippen MR) is 125 cm³/mol. The molecule has 1 aliphatic carbocycles. The zero-order valence-electron chi connectivity index (χ0n) is 18.3. The zero-order valence-corrected chi connectivity index (χ0v) is 18.3. The molecule has 4 heterocycles. The Balaban J connectivity index is 1.28. The van der Waals surface area contributed by atoms with Gasteiger partial charge in [-0.05, 0) is 37.5 Å². The summed E-state index contributed by atoms with van der Waals surface area (Å²) < 4.78 is 0. The molecule has 9 nitrogen and oxygen atoms in total. The summed E-state index contributed by atoms with van der Waals surface area (Å²) in [6, 6.07) is 5.18. The Bertz CT molecular complexity index is 1060. The Labute approximate surface area is 192 Å².